The smallest absolute Gasteiger partial charge is 0.0876 e. The van der Waals surface area contributed by atoms with E-state index >= 15 is 0 Å². The lowest BCUT2D eigenvalue weighted by atomic mass is 9.95. The Morgan fingerprint density at radius 1 is 1.42 bits per heavy atom. The van der Waals surface area contributed by atoms with Crippen LogP contribution >= 0.6 is 11.8 Å². The Bertz CT molecular complexity index is 447. The predicted octanol–water partition coefficient (Wildman–Crippen LogP) is 3.38. The molecule has 102 valence electrons. The molecule has 19 heavy (non-hydrogen) atoms. The summed E-state index contributed by atoms with van der Waals surface area (Å²) in [6, 6.07) is 9.24. The normalized spacial score (nSPS) is 23.4. The topological polar surface area (TPSA) is 21.3 Å². The van der Waals surface area contributed by atoms with Gasteiger partial charge >= 0.3 is 0 Å². The minimum atomic E-state index is 0.447. The predicted molar refractivity (Wildman–Crippen MR) is 80.5 cm³/mol. The van der Waals surface area contributed by atoms with E-state index in [2.05, 4.69) is 36.5 Å². The highest BCUT2D eigenvalue weighted by Crippen LogP contribution is 2.40. The number of ether oxygens (including phenoxy) is 1. The van der Waals surface area contributed by atoms with E-state index in [9.17, 15) is 0 Å². The van der Waals surface area contributed by atoms with Gasteiger partial charge < -0.3 is 10.1 Å². The van der Waals surface area contributed by atoms with E-state index in [1.807, 2.05) is 18.0 Å². The number of nitrogens with one attached hydrogen (secondary N) is 1. The van der Waals surface area contributed by atoms with Crippen LogP contribution in [0.25, 0.3) is 0 Å². The van der Waals surface area contributed by atoms with Crippen molar-refractivity contribution in [1.29, 1.82) is 0 Å². The first kappa shape index (κ1) is 13.1. The van der Waals surface area contributed by atoms with E-state index in [4.69, 9.17) is 4.74 Å². The third kappa shape index (κ3) is 2.82. The first-order chi connectivity index (χ1) is 9.38. The molecule has 0 amide bonds. The molecule has 1 aromatic carbocycles. The molecule has 0 fully saturated rings. The Labute approximate surface area is 119 Å². The van der Waals surface area contributed by atoms with E-state index in [0.717, 1.165) is 26.0 Å². The fourth-order valence-corrected chi connectivity index (χ4v) is 4.39. The van der Waals surface area contributed by atoms with E-state index in [-0.39, 0.29) is 0 Å². The van der Waals surface area contributed by atoms with Gasteiger partial charge in [-0.3, -0.25) is 0 Å². The van der Waals surface area contributed by atoms with Crippen LogP contribution in [0.5, 0.6) is 0 Å². The molecule has 1 aromatic rings. The van der Waals surface area contributed by atoms with Crippen molar-refractivity contribution >= 4 is 11.8 Å². The summed E-state index contributed by atoms with van der Waals surface area (Å²) in [4.78, 5) is 1.45. The van der Waals surface area contributed by atoms with Gasteiger partial charge in [-0.2, -0.15) is 0 Å². The fraction of sp³-hybridized carbons (Fsp3) is 0.500. The van der Waals surface area contributed by atoms with Gasteiger partial charge in [0.25, 0.3) is 0 Å². The second-order valence-corrected chi connectivity index (χ2v) is 6.45. The van der Waals surface area contributed by atoms with Crippen molar-refractivity contribution < 1.29 is 4.74 Å². The van der Waals surface area contributed by atoms with Crippen LogP contribution < -0.4 is 5.32 Å². The molecule has 2 atom stereocenters. The highest BCUT2D eigenvalue weighted by atomic mass is 32.2. The summed E-state index contributed by atoms with van der Waals surface area (Å²) < 4.78 is 5.53. The number of thioether (sulfide) groups is 1. The number of hydrogen-bond donors (Lipinski definition) is 1. The molecule has 2 heterocycles. The summed E-state index contributed by atoms with van der Waals surface area (Å²) in [5.74, 6) is 0. The van der Waals surface area contributed by atoms with Crippen LogP contribution in [0.15, 0.2) is 41.0 Å². The second kappa shape index (κ2) is 6.02. The van der Waals surface area contributed by atoms with Crippen LogP contribution in [-0.2, 0) is 11.2 Å². The number of fused-ring (bicyclic) bond motifs is 1. The number of hydrogen-bond acceptors (Lipinski definition) is 3. The first-order valence-corrected chi connectivity index (χ1v) is 8.05. The largest absolute Gasteiger partial charge is 0.501 e. The maximum absolute atomic E-state index is 5.53. The van der Waals surface area contributed by atoms with Gasteiger partial charge in [-0.25, -0.2) is 0 Å². The second-order valence-electron chi connectivity index (χ2n) is 5.17. The molecule has 0 aliphatic carbocycles. The van der Waals surface area contributed by atoms with Gasteiger partial charge in [0.1, 0.15) is 0 Å². The van der Waals surface area contributed by atoms with Crippen molar-refractivity contribution in [3.05, 3.63) is 41.7 Å². The van der Waals surface area contributed by atoms with Crippen LogP contribution in [0.1, 0.15) is 25.3 Å². The SMILES string of the molecule is CCNC(C1=COCCC1)C1Cc2ccccc2S1. The molecule has 2 aliphatic heterocycles. The molecule has 0 spiro atoms. The van der Waals surface area contributed by atoms with Crippen LogP contribution in [0, 0.1) is 0 Å². The lowest BCUT2D eigenvalue weighted by Gasteiger charge is -2.28. The molecule has 0 radical (unpaired) electrons. The molecule has 2 nitrogen and oxygen atoms in total. The van der Waals surface area contributed by atoms with Crippen molar-refractivity contribution in [1.82, 2.24) is 5.32 Å². The van der Waals surface area contributed by atoms with Crippen molar-refractivity contribution in [3.8, 4) is 0 Å². The van der Waals surface area contributed by atoms with Gasteiger partial charge in [0.15, 0.2) is 0 Å². The molecule has 2 aliphatic rings. The Morgan fingerprint density at radius 3 is 3.05 bits per heavy atom. The summed E-state index contributed by atoms with van der Waals surface area (Å²) in [7, 11) is 0. The van der Waals surface area contributed by atoms with E-state index < -0.39 is 0 Å². The lowest BCUT2D eigenvalue weighted by Crippen LogP contribution is -2.40. The molecule has 0 bridgehead atoms. The molecule has 0 saturated heterocycles. The number of rotatable bonds is 4. The number of benzene rings is 1. The summed E-state index contributed by atoms with van der Waals surface area (Å²) in [5, 5.41) is 4.26. The molecule has 1 N–H and O–H groups in total. The quantitative estimate of drug-likeness (QED) is 0.910. The van der Waals surface area contributed by atoms with Crippen molar-refractivity contribution in [3.63, 3.8) is 0 Å². The zero-order chi connectivity index (χ0) is 13.1. The van der Waals surface area contributed by atoms with Gasteiger partial charge in [-0.1, -0.05) is 25.1 Å². The first-order valence-electron chi connectivity index (χ1n) is 7.17. The monoisotopic (exact) mass is 275 g/mol. The van der Waals surface area contributed by atoms with E-state index in [1.54, 1.807) is 0 Å². The Balaban J connectivity index is 1.77. The fourth-order valence-electron chi connectivity index (χ4n) is 2.93. The zero-order valence-corrected chi connectivity index (χ0v) is 12.2. The maximum atomic E-state index is 5.53. The van der Waals surface area contributed by atoms with Crippen LogP contribution in [0.2, 0.25) is 0 Å². The van der Waals surface area contributed by atoms with Gasteiger partial charge in [-0.05, 0) is 43.0 Å². The molecular formula is C16H21NOS. The van der Waals surface area contributed by atoms with Crippen molar-refractivity contribution in [2.75, 3.05) is 13.2 Å². The van der Waals surface area contributed by atoms with E-state index in [1.165, 1.54) is 22.5 Å². The number of likely N-dealkylation sites (N-methyl/N-ethyl adjacent to an activating group) is 1. The van der Waals surface area contributed by atoms with Crippen molar-refractivity contribution in [2.45, 2.75) is 42.4 Å². The highest BCUT2D eigenvalue weighted by Gasteiger charge is 2.31. The van der Waals surface area contributed by atoms with Crippen LogP contribution in [0.3, 0.4) is 0 Å². The third-order valence-corrected chi connectivity index (χ3v) is 5.22. The molecule has 2 unspecified atom stereocenters. The minimum absolute atomic E-state index is 0.447. The standard InChI is InChI=1S/C16H21NOS/c1-2-17-16(13-7-5-9-18-11-13)15-10-12-6-3-4-8-14(12)19-15/h3-4,6,8,11,15-17H,2,5,7,9-10H2,1H3. The van der Waals surface area contributed by atoms with E-state index in [0.29, 0.717) is 11.3 Å². The molecule has 0 aromatic heterocycles. The Hall–Kier alpha value is -0.930. The van der Waals surface area contributed by atoms with Gasteiger partial charge in [-0.15, -0.1) is 11.8 Å². The minimum Gasteiger partial charge on any atom is -0.501 e. The average Bonchev–Trinajstić information content (AvgIpc) is 2.89. The molecule has 3 rings (SSSR count). The van der Waals surface area contributed by atoms with Crippen molar-refractivity contribution in [2.24, 2.45) is 0 Å². The van der Waals surface area contributed by atoms with Crippen LogP contribution in [0.4, 0.5) is 0 Å². The molecular weight excluding hydrogens is 254 g/mol. The molecule has 0 saturated carbocycles. The molecule has 3 heteroatoms. The zero-order valence-electron chi connectivity index (χ0n) is 11.4. The third-order valence-electron chi connectivity index (χ3n) is 3.83. The van der Waals surface area contributed by atoms with Crippen LogP contribution in [-0.4, -0.2) is 24.4 Å². The maximum Gasteiger partial charge on any atom is 0.0876 e. The summed E-state index contributed by atoms with van der Waals surface area (Å²) in [6.07, 6.45) is 5.49. The Morgan fingerprint density at radius 2 is 2.32 bits per heavy atom. The highest BCUT2D eigenvalue weighted by molar-refractivity contribution is 8.00. The van der Waals surface area contributed by atoms with Gasteiger partial charge in [0.05, 0.1) is 12.9 Å². The summed E-state index contributed by atoms with van der Waals surface area (Å²) in [5.41, 5.74) is 2.94. The lowest BCUT2D eigenvalue weighted by molar-refractivity contribution is 0.219. The Kier molecular flexibility index (Phi) is 4.14. The van der Waals surface area contributed by atoms with Gasteiger partial charge in [0, 0.05) is 16.2 Å². The van der Waals surface area contributed by atoms with Gasteiger partial charge in [0.2, 0.25) is 0 Å². The summed E-state index contributed by atoms with van der Waals surface area (Å²) in [6.45, 7) is 4.07. The average molecular weight is 275 g/mol. The summed E-state index contributed by atoms with van der Waals surface area (Å²) >= 11 is 2.02.